The maximum atomic E-state index is 12.9. The van der Waals surface area contributed by atoms with Crippen LogP contribution in [0.3, 0.4) is 0 Å². The van der Waals surface area contributed by atoms with Crippen molar-refractivity contribution in [2.75, 3.05) is 0 Å². The standard InChI is InChI=1S/C17H27NO3/c1-3-4-13(14(19)20)18-15(21)17-8-11-5-12(9-17)7-16(2,6-11)10-17/h11-13H,3-10H2,1-2H3,(H,18,21)(H,19,20)/t11?,12?,13-,16?,17?/m0/s1. The number of amides is 1. The average molecular weight is 293 g/mol. The van der Waals surface area contributed by atoms with E-state index < -0.39 is 12.0 Å². The fourth-order valence-electron chi connectivity index (χ4n) is 5.84. The second-order valence-corrected chi connectivity index (χ2v) is 8.20. The molecule has 4 fully saturated rings. The van der Waals surface area contributed by atoms with Gasteiger partial charge in [0.15, 0.2) is 0 Å². The first-order chi connectivity index (χ1) is 9.86. The highest BCUT2D eigenvalue weighted by atomic mass is 16.4. The average Bonchev–Trinajstić information content (AvgIpc) is 2.34. The molecule has 4 aliphatic carbocycles. The smallest absolute Gasteiger partial charge is 0.326 e. The van der Waals surface area contributed by atoms with Gasteiger partial charge in [-0.3, -0.25) is 4.79 Å². The number of carboxylic acids is 1. The summed E-state index contributed by atoms with van der Waals surface area (Å²) >= 11 is 0. The van der Waals surface area contributed by atoms with Gasteiger partial charge in [-0.25, -0.2) is 4.79 Å². The fourth-order valence-corrected chi connectivity index (χ4v) is 5.84. The molecule has 0 heterocycles. The zero-order valence-corrected chi connectivity index (χ0v) is 13.2. The van der Waals surface area contributed by atoms with Gasteiger partial charge in [0, 0.05) is 0 Å². The van der Waals surface area contributed by atoms with Crippen LogP contribution in [0.15, 0.2) is 0 Å². The minimum absolute atomic E-state index is 0.0173. The Morgan fingerprint density at radius 1 is 1.24 bits per heavy atom. The van der Waals surface area contributed by atoms with Crippen LogP contribution in [0.5, 0.6) is 0 Å². The van der Waals surface area contributed by atoms with E-state index in [2.05, 4.69) is 12.2 Å². The van der Waals surface area contributed by atoms with Gasteiger partial charge < -0.3 is 10.4 Å². The van der Waals surface area contributed by atoms with Crippen molar-refractivity contribution >= 4 is 11.9 Å². The summed E-state index contributed by atoms with van der Waals surface area (Å²) < 4.78 is 0. The van der Waals surface area contributed by atoms with Crippen molar-refractivity contribution in [3.63, 3.8) is 0 Å². The van der Waals surface area contributed by atoms with E-state index in [9.17, 15) is 14.7 Å². The third kappa shape index (κ3) is 2.58. The predicted octanol–water partition coefficient (Wildman–Crippen LogP) is 2.96. The van der Waals surface area contributed by atoms with E-state index in [0.29, 0.717) is 23.7 Å². The van der Waals surface area contributed by atoms with Crippen LogP contribution in [0.25, 0.3) is 0 Å². The van der Waals surface area contributed by atoms with Crippen LogP contribution in [0, 0.1) is 22.7 Å². The molecule has 3 atom stereocenters. The van der Waals surface area contributed by atoms with E-state index in [1.165, 1.54) is 19.3 Å². The fraction of sp³-hybridized carbons (Fsp3) is 0.882. The molecule has 2 N–H and O–H groups in total. The van der Waals surface area contributed by atoms with Gasteiger partial charge in [0.1, 0.15) is 6.04 Å². The Labute approximate surface area is 126 Å². The van der Waals surface area contributed by atoms with Gasteiger partial charge in [-0.1, -0.05) is 20.3 Å². The number of aliphatic carboxylic acids is 1. The van der Waals surface area contributed by atoms with Crippen LogP contribution < -0.4 is 5.32 Å². The Morgan fingerprint density at radius 2 is 1.86 bits per heavy atom. The lowest BCUT2D eigenvalue weighted by Crippen LogP contribution is -2.58. The molecule has 4 heteroatoms. The highest BCUT2D eigenvalue weighted by Crippen LogP contribution is 2.65. The monoisotopic (exact) mass is 293 g/mol. The summed E-state index contributed by atoms with van der Waals surface area (Å²) in [5, 5.41) is 12.1. The van der Waals surface area contributed by atoms with Gasteiger partial charge in [-0.05, 0) is 62.2 Å². The zero-order chi connectivity index (χ0) is 15.3. The third-order valence-corrected chi connectivity index (χ3v) is 6.02. The molecule has 21 heavy (non-hydrogen) atoms. The van der Waals surface area contributed by atoms with Gasteiger partial charge in [-0.2, -0.15) is 0 Å². The number of nitrogens with one attached hydrogen (secondary N) is 1. The Bertz CT molecular complexity index is 445. The van der Waals surface area contributed by atoms with Crippen LogP contribution in [0.1, 0.15) is 65.2 Å². The molecular weight excluding hydrogens is 266 g/mol. The predicted molar refractivity (Wildman–Crippen MR) is 79.7 cm³/mol. The van der Waals surface area contributed by atoms with Gasteiger partial charge in [-0.15, -0.1) is 0 Å². The number of carbonyl (C=O) groups excluding carboxylic acids is 1. The Hall–Kier alpha value is -1.06. The molecule has 1 amide bonds. The molecule has 0 aromatic carbocycles. The largest absolute Gasteiger partial charge is 0.480 e. The highest BCUT2D eigenvalue weighted by molar-refractivity contribution is 5.87. The van der Waals surface area contributed by atoms with Crippen LogP contribution in [-0.2, 0) is 9.59 Å². The molecule has 4 rings (SSSR count). The number of rotatable bonds is 5. The molecule has 4 saturated carbocycles. The Morgan fingerprint density at radius 3 is 2.33 bits per heavy atom. The lowest BCUT2D eigenvalue weighted by Gasteiger charge is -2.60. The summed E-state index contributed by atoms with van der Waals surface area (Å²) in [5.41, 5.74) is 0.0329. The van der Waals surface area contributed by atoms with Crippen molar-refractivity contribution in [2.24, 2.45) is 22.7 Å². The Balaban J connectivity index is 1.76. The quantitative estimate of drug-likeness (QED) is 0.819. The van der Waals surface area contributed by atoms with Crippen molar-refractivity contribution in [1.82, 2.24) is 5.32 Å². The normalized spacial score (nSPS) is 41.8. The maximum Gasteiger partial charge on any atom is 0.326 e. The molecule has 0 aromatic heterocycles. The van der Waals surface area contributed by atoms with E-state index in [1.54, 1.807) is 0 Å². The van der Waals surface area contributed by atoms with Gasteiger partial charge in [0.25, 0.3) is 0 Å². The van der Waals surface area contributed by atoms with E-state index in [-0.39, 0.29) is 11.3 Å². The molecule has 4 bridgehead atoms. The first-order valence-electron chi connectivity index (χ1n) is 8.40. The van der Waals surface area contributed by atoms with Crippen molar-refractivity contribution in [3.8, 4) is 0 Å². The number of carbonyl (C=O) groups is 2. The second-order valence-electron chi connectivity index (χ2n) is 8.20. The Kier molecular flexibility index (Phi) is 3.53. The summed E-state index contributed by atoms with van der Waals surface area (Å²) in [6, 6.07) is -0.719. The summed E-state index contributed by atoms with van der Waals surface area (Å²) in [6.07, 6.45) is 7.99. The minimum atomic E-state index is -0.902. The van der Waals surface area contributed by atoms with Crippen molar-refractivity contribution < 1.29 is 14.7 Å². The molecule has 0 aliphatic heterocycles. The number of hydrogen-bond acceptors (Lipinski definition) is 2. The molecule has 2 unspecified atom stereocenters. The van der Waals surface area contributed by atoms with E-state index in [1.807, 2.05) is 6.92 Å². The first kappa shape index (κ1) is 14.9. The lowest BCUT2D eigenvalue weighted by atomic mass is 9.44. The second kappa shape index (κ2) is 4.99. The van der Waals surface area contributed by atoms with Crippen molar-refractivity contribution in [3.05, 3.63) is 0 Å². The van der Waals surface area contributed by atoms with Gasteiger partial charge >= 0.3 is 5.97 Å². The topological polar surface area (TPSA) is 66.4 Å². The van der Waals surface area contributed by atoms with Crippen molar-refractivity contribution in [1.29, 1.82) is 0 Å². The first-order valence-corrected chi connectivity index (χ1v) is 8.40. The molecule has 0 spiro atoms. The minimum Gasteiger partial charge on any atom is -0.480 e. The molecule has 4 aliphatic rings. The van der Waals surface area contributed by atoms with Crippen LogP contribution in [-0.4, -0.2) is 23.0 Å². The van der Waals surface area contributed by atoms with Gasteiger partial charge in [0.05, 0.1) is 5.41 Å². The molecule has 0 saturated heterocycles. The number of hydrogen-bond donors (Lipinski definition) is 2. The van der Waals surface area contributed by atoms with Crippen molar-refractivity contribution in [2.45, 2.75) is 71.3 Å². The summed E-state index contributed by atoms with van der Waals surface area (Å²) in [7, 11) is 0. The molecule has 118 valence electrons. The summed E-state index contributed by atoms with van der Waals surface area (Å²) in [4.78, 5) is 24.2. The van der Waals surface area contributed by atoms with Crippen LogP contribution in [0.4, 0.5) is 0 Å². The van der Waals surface area contributed by atoms with Crippen LogP contribution >= 0.6 is 0 Å². The lowest BCUT2D eigenvalue weighted by molar-refractivity contribution is -0.158. The zero-order valence-electron chi connectivity index (χ0n) is 13.2. The molecule has 0 radical (unpaired) electrons. The molecule has 4 nitrogen and oxygen atoms in total. The SMILES string of the molecule is CCC[C@H](NC(=O)C12CC3CC(CC(C)(C3)C1)C2)C(=O)O. The maximum absolute atomic E-state index is 12.9. The van der Waals surface area contributed by atoms with Crippen LogP contribution in [0.2, 0.25) is 0 Å². The summed E-state index contributed by atoms with van der Waals surface area (Å²) in [6.45, 7) is 4.28. The van der Waals surface area contributed by atoms with E-state index in [0.717, 1.165) is 25.7 Å². The number of carboxylic acid groups (broad SMARTS) is 1. The van der Waals surface area contributed by atoms with E-state index >= 15 is 0 Å². The summed E-state index contributed by atoms with van der Waals surface area (Å²) in [5.74, 6) is 0.470. The highest BCUT2D eigenvalue weighted by Gasteiger charge is 2.59. The third-order valence-electron chi connectivity index (χ3n) is 6.02. The van der Waals surface area contributed by atoms with Gasteiger partial charge in [0.2, 0.25) is 5.91 Å². The molecular formula is C17H27NO3. The molecule has 0 aromatic rings. The van der Waals surface area contributed by atoms with E-state index in [4.69, 9.17) is 0 Å².